The van der Waals surface area contributed by atoms with Crippen molar-refractivity contribution in [2.24, 2.45) is 0 Å². The van der Waals surface area contributed by atoms with Crippen LogP contribution < -0.4 is 10.6 Å². The molecular formula is C16H14BrFN2O2. The number of hydrogen-bond acceptors (Lipinski definition) is 2. The van der Waals surface area contributed by atoms with Crippen LogP contribution in [0.25, 0.3) is 0 Å². The van der Waals surface area contributed by atoms with Gasteiger partial charge in [0.25, 0.3) is 0 Å². The first-order chi connectivity index (χ1) is 10.5. The van der Waals surface area contributed by atoms with Crippen LogP contribution in [0.3, 0.4) is 0 Å². The van der Waals surface area contributed by atoms with Crippen molar-refractivity contribution in [3.8, 4) is 0 Å². The Kier molecular flexibility index (Phi) is 5.66. The summed E-state index contributed by atoms with van der Waals surface area (Å²) in [6.45, 7) is -0.207. The van der Waals surface area contributed by atoms with Crippen molar-refractivity contribution < 1.29 is 14.0 Å². The summed E-state index contributed by atoms with van der Waals surface area (Å²) in [5.74, 6) is -1.27. The fraction of sp³-hybridized carbons (Fsp3) is 0.125. The quantitative estimate of drug-likeness (QED) is 0.856. The number of hydrogen-bond donors (Lipinski definition) is 2. The van der Waals surface area contributed by atoms with Crippen molar-refractivity contribution in [2.45, 2.75) is 6.42 Å². The molecule has 0 aliphatic rings. The normalized spacial score (nSPS) is 10.1. The van der Waals surface area contributed by atoms with Crippen molar-refractivity contribution in [1.82, 2.24) is 5.32 Å². The summed E-state index contributed by atoms with van der Waals surface area (Å²) in [4.78, 5) is 23.4. The lowest BCUT2D eigenvalue weighted by atomic mass is 10.1. The van der Waals surface area contributed by atoms with Gasteiger partial charge in [0.15, 0.2) is 0 Å². The van der Waals surface area contributed by atoms with E-state index in [1.165, 1.54) is 18.2 Å². The average molecular weight is 365 g/mol. The first kappa shape index (κ1) is 16.2. The highest BCUT2D eigenvalue weighted by molar-refractivity contribution is 9.10. The predicted octanol–water partition coefficient (Wildman–Crippen LogP) is 2.89. The SMILES string of the molecule is O=C(Cc1cccc(Br)c1)NCC(=O)Nc1ccccc1F. The lowest BCUT2D eigenvalue weighted by Gasteiger charge is -2.08. The van der Waals surface area contributed by atoms with E-state index in [1.807, 2.05) is 24.3 Å². The number of nitrogens with one attached hydrogen (secondary N) is 2. The van der Waals surface area contributed by atoms with Crippen molar-refractivity contribution in [3.05, 3.63) is 64.4 Å². The van der Waals surface area contributed by atoms with Crippen molar-refractivity contribution >= 4 is 33.4 Å². The number of carbonyl (C=O) groups excluding carboxylic acids is 2. The second-order valence-corrected chi connectivity index (χ2v) is 5.53. The van der Waals surface area contributed by atoms with E-state index in [0.717, 1.165) is 10.0 Å². The van der Waals surface area contributed by atoms with E-state index in [-0.39, 0.29) is 24.6 Å². The smallest absolute Gasteiger partial charge is 0.243 e. The number of anilines is 1. The van der Waals surface area contributed by atoms with Gasteiger partial charge in [0, 0.05) is 4.47 Å². The molecule has 0 radical (unpaired) electrons. The van der Waals surface area contributed by atoms with Gasteiger partial charge in [-0.25, -0.2) is 4.39 Å². The molecular weight excluding hydrogens is 351 g/mol. The second kappa shape index (κ2) is 7.70. The van der Waals surface area contributed by atoms with E-state index < -0.39 is 11.7 Å². The molecule has 2 rings (SSSR count). The maximum atomic E-state index is 13.4. The summed E-state index contributed by atoms with van der Waals surface area (Å²) >= 11 is 3.33. The third-order valence-electron chi connectivity index (χ3n) is 2.85. The van der Waals surface area contributed by atoms with Crippen molar-refractivity contribution in [3.63, 3.8) is 0 Å². The standard InChI is InChI=1S/C16H14BrFN2O2/c17-12-5-3-4-11(8-12)9-15(21)19-10-16(22)20-14-7-2-1-6-13(14)18/h1-8H,9-10H2,(H,19,21)(H,20,22). The molecule has 2 aromatic rings. The zero-order chi connectivity index (χ0) is 15.9. The predicted molar refractivity (Wildman–Crippen MR) is 85.9 cm³/mol. The molecule has 0 atom stereocenters. The van der Waals surface area contributed by atoms with Gasteiger partial charge in [-0.15, -0.1) is 0 Å². The Balaban J connectivity index is 1.81. The van der Waals surface area contributed by atoms with Crippen LogP contribution >= 0.6 is 15.9 Å². The third kappa shape index (κ3) is 4.96. The summed E-state index contributed by atoms with van der Waals surface area (Å²) < 4.78 is 14.3. The minimum Gasteiger partial charge on any atom is -0.347 e. The van der Waals surface area contributed by atoms with E-state index in [1.54, 1.807) is 6.07 Å². The number of amides is 2. The largest absolute Gasteiger partial charge is 0.347 e. The lowest BCUT2D eigenvalue weighted by molar-refractivity contribution is -0.123. The zero-order valence-electron chi connectivity index (χ0n) is 11.6. The van der Waals surface area contributed by atoms with E-state index in [4.69, 9.17) is 0 Å². The fourth-order valence-corrected chi connectivity index (χ4v) is 2.28. The van der Waals surface area contributed by atoms with E-state index in [2.05, 4.69) is 26.6 Å². The molecule has 0 aromatic heterocycles. The maximum Gasteiger partial charge on any atom is 0.243 e. The van der Waals surface area contributed by atoms with Crippen LogP contribution in [-0.4, -0.2) is 18.4 Å². The molecule has 2 aromatic carbocycles. The Bertz CT molecular complexity index is 691. The highest BCUT2D eigenvalue weighted by Crippen LogP contribution is 2.12. The monoisotopic (exact) mass is 364 g/mol. The van der Waals surface area contributed by atoms with Gasteiger partial charge in [-0.2, -0.15) is 0 Å². The first-order valence-electron chi connectivity index (χ1n) is 6.60. The summed E-state index contributed by atoms with van der Waals surface area (Å²) in [6, 6.07) is 13.2. The minimum absolute atomic E-state index is 0.0914. The number of benzene rings is 2. The van der Waals surface area contributed by atoms with Gasteiger partial charge in [0.1, 0.15) is 5.82 Å². The summed E-state index contributed by atoms with van der Waals surface area (Å²) in [5, 5.41) is 4.90. The number of para-hydroxylation sites is 1. The zero-order valence-corrected chi connectivity index (χ0v) is 13.2. The molecule has 0 heterocycles. The molecule has 2 amide bonds. The van der Waals surface area contributed by atoms with Gasteiger partial charge in [-0.3, -0.25) is 9.59 Å². The number of halogens is 2. The Morgan fingerprint density at radius 2 is 1.82 bits per heavy atom. The molecule has 0 spiro atoms. The summed E-state index contributed by atoms with van der Waals surface area (Å²) in [7, 11) is 0. The molecule has 0 saturated carbocycles. The molecule has 2 N–H and O–H groups in total. The highest BCUT2D eigenvalue weighted by Gasteiger charge is 2.09. The van der Waals surface area contributed by atoms with Crippen LogP contribution in [-0.2, 0) is 16.0 Å². The van der Waals surface area contributed by atoms with Crippen LogP contribution in [0.1, 0.15) is 5.56 Å². The summed E-state index contributed by atoms with van der Waals surface area (Å²) in [6.07, 6.45) is 0.173. The molecule has 0 saturated heterocycles. The Morgan fingerprint density at radius 3 is 2.55 bits per heavy atom. The first-order valence-corrected chi connectivity index (χ1v) is 7.39. The van der Waals surface area contributed by atoms with Gasteiger partial charge in [0.05, 0.1) is 18.7 Å². The average Bonchev–Trinajstić information content (AvgIpc) is 2.48. The molecule has 0 unspecified atom stereocenters. The van der Waals surface area contributed by atoms with Crippen molar-refractivity contribution in [1.29, 1.82) is 0 Å². The maximum absolute atomic E-state index is 13.4. The minimum atomic E-state index is -0.517. The molecule has 0 aliphatic carbocycles. The van der Waals surface area contributed by atoms with Gasteiger partial charge < -0.3 is 10.6 Å². The van der Waals surface area contributed by atoms with Crippen LogP contribution in [0.2, 0.25) is 0 Å². The Morgan fingerprint density at radius 1 is 1.05 bits per heavy atom. The van der Waals surface area contributed by atoms with Gasteiger partial charge in [0.2, 0.25) is 11.8 Å². The third-order valence-corrected chi connectivity index (χ3v) is 3.34. The van der Waals surface area contributed by atoms with Gasteiger partial charge in [-0.1, -0.05) is 40.2 Å². The Labute approximate surface area is 135 Å². The van der Waals surface area contributed by atoms with Crippen LogP contribution in [0, 0.1) is 5.82 Å². The van der Waals surface area contributed by atoms with E-state index in [0.29, 0.717) is 0 Å². The lowest BCUT2D eigenvalue weighted by Crippen LogP contribution is -2.33. The molecule has 0 aliphatic heterocycles. The second-order valence-electron chi connectivity index (χ2n) is 4.61. The molecule has 0 bridgehead atoms. The van der Waals surface area contributed by atoms with Crippen LogP contribution in [0.4, 0.5) is 10.1 Å². The van der Waals surface area contributed by atoms with Crippen LogP contribution in [0.5, 0.6) is 0 Å². The highest BCUT2D eigenvalue weighted by atomic mass is 79.9. The van der Waals surface area contributed by atoms with E-state index in [9.17, 15) is 14.0 Å². The van der Waals surface area contributed by atoms with Crippen LogP contribution in [0.15, 0.2) is 53.0 Å². The molecule has 114 valence electrons. The Hall–Kier alpha value is -2.21. The topological polar surface area (TPSA) is 58.2 Å². The van der Waals surface area contributed by atoms with Crippen molar-refractivity contribution in [2.75, 3.05) is 11.9 Å². The molecule has 4 nitrogen and oxygen atoms in total. The van der Waals surface area contributed by atoms with Gasteiger partial charge >= 0.3 is 0 Å². The fourth-order valence-electron chi connectivity index (χ4n) is 1.83. The number of rotatable bonds is 5. The molecule has 22 heavy (non-hydrogen) atoms. The number of carbonyl (C=O) groups is 2. The summed E-state index contributed by atoms with van der Waals surface area (Å²) in [5.41, 5.74) is 0.926. The van der Waals surface area contributed by atoms with Gasteiger partial charge in [-0.05, 0) is 29.8 Å². The molecule has 6 heteroatoms. The molecule has 0 fully saturated rings. The van der Waals surface area contributed by atoms with E-state index >= 15 is 0 Å².